The molecule has 7 heteroatoms. The third-order valence-electron chi connectivity index (χ3n) is 2.88. The molecular formula is C14H12ClNO3S2. The number of rotatable bonds is 3. The van der Waals surface area contributed by atoms with E-state index in [9.17, 15) is 13.5 Å². The van der Waals surface area contributed by atoms with Crippen LogP contribution in [0, 0.1) is 11.3 Å². The monoisotopic (exact) mass is 341 g/mol. The highest BCUT2D eigenvalue weighted by molar-refractivity contribution is 7.93. The molecule has 0 radical (unpaired) electrons. The number of hydrogen-bond donors (Lipinski definition) is 1. The summed E-state index contributed by atoms with van der Waals surface area (Å²) in [7, 11) is -3.77. The van der Waals surface area contributed by atoms with Gasteiger partial charge in [-0.3, -0.25) is 0 Å². The molecule has 2 aromatic rings. The number of nitrogens with zero attached hydrogens (tertiary/aromatic N) is 1. The fourth-order valence-corrected chi connectivity index (χ4v) is 4.93. The molecule has 0 aliphatic rings. The molecule has 0 saturated carbocycles. The summed E-state index contributed by atoms with van der Waals surface area (Å²) in [6, 6.07) is 9.17. The number of aliphatic hydroxyl groups is 1. The maximum absolute atomic E-state index is 12.5. The molecule has 1 heterocycles. The van der Waals surface area contributed by atoms with Crippen molar-refractivity contribution in [1.29, 1.82) is 5.26 Å². The van der Waals surface area contributed by atoms with Crippen LogP contribution in [0.4, 0.5) is 0 Å². The largest absolute Gasteiger partial charge is 0.386 e. The Morgan fingerprint density at radius 2 is 1.86 bits per heavy atom. The van der Waals surface area contributed by atoms with E-state index < -0.39 is 15.4 Å². The normalized spacial score (nSPS) is 12.1. The van der Waals surface area contributed by atoms with E-state index in [1.54, 1.807) is 26.0 Å². The topological polar surface area (TPSA) is 78.2 Å². The summed E-state index contributed by atoms with van der Waals surface area (Å²) in [5, 5.41) is 18.7. The standard InChI is InChI=1S/C14H12ClNO3S2/c1-14(2,17)9-3-5-11(6-4-9)21(18,19)13-12(15)7-10(8-16)20-13/h3-7,17H,1-2H3. The van der Waals surface area contributed by atoms with E-state index in [1.807, 2.05) is 6.07 Å². The van der Waals surface area contributed by atoms with Gasteiger partial charge in [-0.05, 0) is 37.6 Å². The number of halogens is 1. The number of nitriles is 1. The van der Waals surface area contributed by atoms with Crippen LogP contribution in [0.5, 0.6) is 0 Å². The van der Waals surface area contributed by atoms with E-state index >= 15 is 0 Å². The minimum atomic E-state index is -3.77. The van der Waals surface area contributed by atoms with Crippen LogP contribution >= 0.6 is 22.9 Å². The van der Waals surface area contributed by atoms with E-state index in [0.29, 0.717) is 5.56 Å². The van der Waals surface area contributed by atoms with Gasteiger partial charge in [-0.25, -0.2) is 8.42 Å². The Hall–Kier alpha value is -1.39. The van der Waals surface area contributed by atoms with Gasteiger partial charge in [-0.15, -0.1) is 11.3 Å². The van der Waals surface area contributed by atoms with E-state index in [-0.39, 0.29) is 19.0 Å². The average Bonchev–Trinajstić information content (AvgIpc) is 2.80. The van der Waals surface area contributed by atoms with Gasteiger partial charge in [0.05, 0.1) is 15.5 Å². The number of benzene rings is 1. The van der Waals surface area contributed by atoms with Gasteiger partial charge in [0.2, 0.25) is 9.84 Å². The highest BCUT2D eigenvalue weighted by atomic mass is 35.5. The van der Waals surface area contributed by atoms with Crippen LogP contribution in [0.25, 0.3) is 0 Å². The van der Waals surface area contributed by atoms with Crippen LogP contribution < -0.4 is 0 Å². The quantitative estimate of drug-likeness (QED) is 0.928. The van der Waals surface area contributed by atoms with Crippen LogP contribution in [0.3, 0.4) is 0 Å². The average molecular weight is 342 g/mol. The first kappa shape index (κ1) is 16.0. The zero-order chi connectivity index (χ0) is 15.8. The summed E-state index contributed by atoms with van der Waals surface area (Å²) in [5.41, 5.74) is -0.437. The first-order valence-corrected chi connectivity index (χ1v) is 8.61. The van der Waals surface area contributed by atoms with Crippen LogP contribution in [-0.2, 0) is 15.4 Å². The molecule has 0 unspecified atom stereocenters. The number of thiophene rings is 1. The summed E-state index contributed by atoms with van der Waals surface area (Å²) < 4.78 is 25.0. The SMILES string of the molecule is CC(C)(O)c1ccc(S(=O)(=O)c2sc(C#N)cc2Cl)cc1. The second kappa shape index (κ2) is 5.43. The Morgan fingerprint density at radius 1 is 1.29 bits per heavy atom. The van der Waals surface area contributed by atoms with Crippen molar-refractivity contribution >= 4 is 32.8 Å². The lowest BCUT2D eigenvalue weighted by Crippen LogP contribution is -2.15. The first-order valence-electron chi connectivity index (χ1n) is 5.93. The van der Waals surface area contributed by atoms with Crippen molar-refractivity contribution < 1.29 is 13.5 Å². The first-order chi connectivity index (χ1) is 9.66. The minimum Gasteiger partial charge on any atom is -0.386 e. The van der Waals surface area contributed by atoms with Gasteiger partial charge in [0.15, 0.2) is 0 Å². The predicted molar refractivity (Wildman–Crippen MR) is 81.2 cm³/mol. The summed E-state index contributed by atoms with van der Waals surface area (Å²) in [6.07, 6.45) is 0. The third-order valence-corrected chi connectivity index (χ3v) is 6.75. The lowest BCUT2D eigenvalue weighted by atomic mass is 9.99. The van der Waals surface area contributed by atoms with E-state index in [4.69, 9.17) is 16.9 Å². The summed E-state index contributed by atoms with van der Waals surface area (Å²) in [5.74, 6) is 0. The molecule has 1 aromatic heterocycles. The lowest BCUT2D eigenvalue weighted by molar-refractivity contribution is 0.0785. The van der Waals surface area contributed by atoms with Crippen molar-refractivity contribution in [3.63, 3.8) is 0 Å². The van der Waals surface area contributed by atoms with Crippen molar-refractivity contribution in [2.24, 2.45) is 0 Å². The molecule has 21 heavy (non-hydrogen) atoms. The van der Waals surface area contributed by atoms with Crippen molar-refractivity contribution in [3.8, 4) is 6.07 Å². The molecule has 0 saturated heterocycles. The Balaban J connectivity index is 2.50. The molecule has 110 valence electrons. The molecule has 0 aliphatic heterocycles. The fraction of sp³-hybridized carbons (Fsp3) is 0.214. The second-order valence-corrected chi connectivity index (χ2v) is 8.55. The molecule has 0 spiro atoms. The van der Waals surface area contributed by atoms with Gasteiger partial charge in [0.25, 0.3) is 0 Å². The molecule has 1 aromatic carbocycles. The Bertz CT molecular complexity index is 809. The maximum atomic E-state index is 12.5. The highest BCUT2D eigenvalue weighted by Gasteiger charge is 2.25. The molecule has 1 N–H and O–H groups in total. The van der Waals surface area contributed by atoms with Gasteiger partial charge >= 0.3 is 0 Å². The summed E-state index contributed by atoms with van der Waals surface area (Å²) >= 11 is 6.74. The van der Waals surface area contributed by atoms with E-state index in [2.05, 4.69) is 0 Å². The predicted octanol–water partition coefficient (Wildman–Crippen LogP) is 3.33. The number of hydrogen-bond acceptors (Lipinski definition) is 5. The minimum absolute atomic E-state index is 0.0446. The molecule has 4 nitrogen and oxygen atoms in total. The molecule has 0 aliphatic carbocycles. The lowest BCUT2D eigenvalue weighted by Gasteiger charge is -2.17. The van der Waals surface area contributed by atoms with Crippen molar-refractivity contribution in [2.45, 2.75) is 28.6 Å². The Labute approximate surface area is 132 Å². The third kappa shape index (κ3) is 3.11. The Kier molecular flexibility index (Phi) is 4.13. The van der Waals surface area contributed by atoms with Crippen LogP contribution in [-0.4, -0.2) is 13.5 Å². The Morgan fingerprint density at radius 3 is 2.29 bits per heavy atom. The second-order valence-electron chi connectivity index (χ2n) is 4.94. The van der Waals surface area contributed by atoms with Crippen LogP contribution in [0.2, 0.25) is 5.02 Å². The van der Waals surface area contributed by atoms with Gasteiger partial charge in [-0.1, -0.05) is 23.7 Å². The van der Waals surface area contributed by atoms with Crippen molar-refractivity contribution in [1.82, 2.24) is 0 Å². The molecular weight excluding hydrogens is 330 g/mol. The highest BCUT2D eigenvalue weighted by Crippen LogP contribution is 2.35. The smallest absolute Gasteiger partial charge is 0.217 e. The fourth-order valence-electron chi connectivity index (χ4n) is 1.74. The van der Waals surface area contributed by atoms with E-state index in [0.717, 1.165) is 11.3 Å². The van der Waals surface area contributed by atoms with E-state index in [1.165, 1.54) is 18.2 Å². The van der Waals surface area contributed by atoms with Gasteiger partial charge in [0.1, 0.15) is 15.2 Å². The van der Waals surface area contributed by atoms with Crippen molar-refractivity contribution in [3.05, 3.63) is 45.8 Å². The van der Waals surface area contributed by atoms with Crippen LogP contribution in [0.15, 0.2) is 39.4 Å². The summed E-state index contributed by atoms with van der Waals surface area (Å²) in [6.45, 7) is 3.23. The van der Waals surface area contributed by atoms with Crippen molar-refractivity contribution in [2.75, 3.05) is 0 Å². The molecule has 0 fully saturated rings. The maximum Gasteiger partial charge on any atom is 0.217 e. The van der Waals surface area contributed by atoms with Gasteiger partial charge < -0.3 is 5.11 Å². The molecule has 0 atom stereocenters. The zero-order valence-corrected chi connectivity index (χ0v) is 13.7. The zero-order valence-electron chi connectivity index (χ0n) is 11.3. The molecule has 0 amide bonds. The van der Waals surface area contributed by atoms with Gasteiger partial charge in [-0.2, -0.15) is 5.26 Å². The molecule has 0 bridgehead atoms. The summed E-state index contributed by atoms with van der Waals surface area (Å²) in [4.78, 5) is 0.315. The van der Waals surface area contributed by atoms with Gasteiger partial charge in [0, 0.05) is 0 Å². The molecule has 2 rings (SSSR count). The van der Waals surface area contributed by atoms with Crippen LogP contribution in [0.1, 0.15) is 24.3 Å². The number of sulfone groups is 1.